The van der Waals surface area contributed by atoms with Crippen molar-refractivity contribution in [2.24, 2.45) is 0 Å². The molecule has 0 aliphatic carbocycles. The van der Waals surface area contributed by atoms with Crippen LogP contribution < -0.4 is 19.5 Å². The third-order valence-corrected chi connectivity index (χ3v) is 3.90. The predicted octanol–water partition coefficient (Wildman–Crippen LogP) is 3.54. The van der Waals surface area contributed by atoms with E-state index in [2.05, 4.69) is 5.32 Å². The number of hydrogen-bond acceptors (Lipinski definition) is 5. The highest BCUT2D eigenvalue weighted by Gasteiger charge is 2.15. The first kappa shape index (κ1) is 18.4. The Labute approximate surface area is 157 Å². The summed E-state index contributed by atoms with van der Waals surface area (Å²) in [6.45, 7) is 1.71. The number of amides is 1. The highest BCUT2D eigenvalue weighted by atomic mass is 35.5. The number of hydrogen-bond donors (Lipinski definition) is 1. The monoisotopic (exact) mass is 377 g/mol. The molecule has 0 unspecified atom stereocenters. The molecule has 0 spiro atoms. The van der Waals surface area contributed by atoms with E-state index in [1.165, 1.54) is 0 Å². The Morgan fingerprint density at radius 1 is 1.08 bits per heavy atom. The standard InChI is InChI=1S/C19H20ClNO5/c20-15-11-17-18(26-8-4-7-25-17)12-16(15)21-19(22)13-23-9-10-24-14-5-2-1-3-6-14/h1-3,5-6,11-12H,4,7-10,13H2,(H,21,22). The molecule has 1 N–H and O–H groups in total. The van der Waals surface area contributed by atoms with Gasteiger partial charge < -0.3 is 24.3 Å². The van der Waals surface area contributed by atoms with Crippen molar-refractivity contribution in [1.82, 2.24) is 0 Å². The van der Waals surface area contributed by atoms with Gasteiger partial charge in [-0.05, 0) is 12.1 Å². The van der Waals surface area contributed by atoms with E-state index in [4.69, 9.17) is 30.5 Å². The minimum atomic E-state index is -0.305. The number of carbonyl (C=O) groups excluding carboxylic acids is 1. The predicted molar refractivity (Wildman–Crippen MR) is 98.4 cm³/mol. The summed E-state index contributed by atoms with van der Waals surface area (Å²) in [5.41, 5.74) is 0.463. The lowest BCUT2D eigenvalue weighted by atomic mass is 10.2. The lowest BCUT2D eigenvalue weighted by Gasteiger charge is -2.12. The van der Waals surface area contributed by atoms with Gasteiger partial charge in [0, 0.05) is 18.6 Å². The van der Waals surface area contributed by atoms with Crippen molar-refractivity contribution in [3.8, 4) is 17.2 Å². The Morgan fingerprint density at radius 2 is 1.81 bits per heavy atom. The Morgan fingerprint density at radius 3 is 2.58 bits per heavy atom. The molecule has 1 aliphatic rings. The van der Waals surface area contributed by atoms with Crippen LogP contribution in [0.25, 0.3) is 0 Å². The molecule has 26 heavy (non-hydrogen) atoms. The molecule has 1 heterocycles. The maximum atomic E-state index is 12.0. The Kier molecular flexibility index (Phi) is 6.57. The lowest BCUT2D eigenvalue weighted by molar-refractivity contribution is -0.120. The number of benzene rings is 2. The molecular weight excluding hydrogens is 358 g/mol. The fraction of sp³-hybridized carbons (Fsp3) is 0.316. The number of fused-ring (bicyclic) bond motifs is 1. The zero-order chi connectivity index (χ0) is 18.2. The van der Waals surface area contributed by atoms with Crippen LogP contribution in [0.3, 0.4) is 0 Å². The smallest absolute Gasteiger partial charge is 0.250 e. The number of ether oxygens (including phenoxy) is 4. The summed E-state index contributed by atoms with van der Waals surface area (Å²) >= 11 is 6.20. The Balaban J connectivity index is 1.44. The van der Waals surface area contributed by atoms with Crippen molar-refractivity contribution >= 4 is 23.2 Å². The average molecular weight is 378 g/mol. The molecule has 0 fully saturated rings. The molecule has 0 saturated heterocycles. The van der Waals surface area contributed by atoms with E-state index in [1.807, 2.05) is 30.3 Å². The normalized spacial score (nSPS) is 13.0. The van der Waals surface area contributed by atoms with Crippen molar-refractivity contribution in [3.05, 3.63) is 47.5 Å². The van der Waals surface area contributed by atoms with E-state index in [-0.39, 0.29) is 12.5 Å². The van der Waals surface area contributed by atoms with Gasteiger partial charge in [0.1, 0.15) is 19.0 Å². The van der Waals surface area contributed by atoms with Gasteiger partial charge in [0.25, 0.3) is 0 Å². The average Bonchev–Trinajstić information content (AvgIpc) is 2.87. The first-order valence-corrected chi connectivity index (χ1v) is 8.75. The number of rotatable bonds is 7. The molecule has 0 aromatic heterocycles. The van der Waals surface area contributed by atoms with Crippen molar-refractivity contribution in [3.63, 3.8) is 0 Å². The van der Waals surface area contributed by atoms with Crippen LogP contribution in [0.15, 0.2) is 42.5 Å². The summed E-state index contributed by atoms with van der Waals surface area (Å²) in [5, 5.41) is 3.10. The van der Waals surface area contributed by atoms with Gasteiger partial charge in [0.15, 0.2) is 11.5 Å². The summed E-state index contributed by atoms with van der Waals surface area (Å²) in [6.07, 6.45) is 0.798. The summed E-state index contributed by atoms with van der Waals surface area (Å²) < 4.78 is 22.0. The lowest BCUT2D eigenvalue weighted by Crippen LogP contribution is -2.20. The van der Waals surface area contributed by atoms with Gasteiger partial charge in [0.2, 0.25) is 5.91 Å². The van der Waals surface area contributed by atoms with Crippen LogP contribution >= 0.6 is 11.6 Å². The van der Waals surface area contributed by atoms with Crippen molar-refractivity contribution in [2.45, 2.75) is 6.42 Å². The second-order valence-corrected chi connectivity index (χ2v) is 6.00. The van der Waals surface area contributed by atoms with Crippen molar-refractivity contribution in [1.29, 1.82) is 0 Å². The van der Waals surface area contributed by atoms with Gasteiger partial charge in [-0.3, -0.25) is 4.79 Å². The quantitative estimate of drug-likeness (QED) is 0.748. The molecule has 0 saturated carbocycles. The van der Waals surface area contributed by atoms with Crippen LogP contribution in [-0.4, -0.2) is 38.9 Å². The van der Waals surface area contributed by atoms with Crippen LogP contribution in [0.4, 0.5) is 5.69 Å². The SMILES string of the molecule is O=C(COCCOc1ccccc1)Nc1cc2c(cc1Cl)OCCCO2. The molecular formula is C19H20ClNO5. The first-order valence-electron chi connectivity index (χ1n) is 8.37. The number of carbonyl (C=O) groups is 1. The van der Waals surface area contributed by atoms with Gasteiger partial charge in [-0.2, -0.15) is 0 Å². The van der Waals surface area contributed by atoms with Crippen LogP contribution in [0.1, 0.15) is 6.42 Å². The molecule has 0 atom stereocenters. The zero-order valence-electron chi connectivity index (χ0n) is 14.2. The molecule has 7 heteroatoms. The number of anilines is 1. The van der Waals surface area contributed by atoms with E-state index >= 15 is 0 Å². The molecule has 1 amide bonds. The van der Waals surface area contributed by atoms with Crippen LogP contribution in [0, 0.1) is 0 Å². The van der Waals surface area contributed by atoms with Crippen LogP contribution in [0.5, 0.6) is 17.2 Å². The Bertz CT molecular complexity index is 738. The summed E-state index contributed by atoms with van der Waals surface area (Å²) in [6, 6.07) is 12.7. The maximum Gasteiger partial charge on any atom is 0.250 e. The van der Waals surface area contributed by atoms with Gasteiger partial charge in [0.05, 0.1) is 30.5 Å². The third kappa shape index (κ3) is 5.28. The topological polar surface area (TPSA) is 66.0 Å². The van der Waals surface area contributed by atoms with Crippen LogP contribution in [0.2, 0.25) is 5.02 Å². The fourth-order valence-electron chi connectivity index (χ4n) is 2.37. The second kappa shape index (κ2) is 9.31. The van der Waals surface area contributed by atoms with Gasteiger partial charge >= 0.3 is 0 Å². The maximum absolute atomic E-state index is 12.0. The number of para-hydroxylation sites is 1. The molecule has 6 nitrogen and oxygen atoms in total. The number of nitrogens with one attached hydrogen (secondary N) is 1. The first-order chi connectivity index (χ1) is 12.7. The fourth-order valence-corrected chi connectivity index (χ4v) is 2.57. The molecule has 2 aromatic carbocycles. The highest BCUT2D eigenvalue weighted by Crippen LogP contribution is 2.37. The van der Waals surface area contributed by atoms with Gasteiger partial charge in [-0.25, -0.2) is 0 Å². The van der Waals surface area contributed by atoms with E-state index in [0.29, 0.717) is 48.6 Å². The third-order valence-electron chi connectivity index (χ3n) is 3.58. The van der Waals surface area contributed by atoms with Crippen molar-refractivity contribution < 1.29 is 23.7 Å². The molecule has 0 bridgehead atoms. The van der Waals surface area contributed by atoms with Gasteiger partial charge in [-0.1, -0.05) is 29.8 Å². The van der Waals surface area contributed by atoms with E-state index in [0.717, 1.165) is 12.2 Å². The highest BCUT2D eigenvalue weighted by molar-refractivity contribution is 6.34. The molecule has 3 rings (SSSR count). The molecule has 1 aliphatic heterocycles. The van der Waals surface area contributed by atoms with E-state index < -0.39 is 0 Å². The minimum Gasteiger partial charge on any atom is -0.491 e. The summed E-state index contributed by atoms with van der Waals surface area (Å²) in [7, 11) is 0. The summed E-state index contributed by atoms with van der Waals surface area (Å²) in [4.78, 5) is 12.0. The summed E-state index contributed by atoms with van der Waals surface area (Å²) in [5.74, 6) is 1.61. The van der Waals surface area contributed by atoms with Crippen LogP contribution in [-0.2, 0) is 9.53 Å². The zero-order valence-corrected chi connectivity index (χ0v) is 15.0. The van der Waals surface area contributed by atoms with E-state index in [1.54, 1.807) is 12.1 Å². The molecule has 0 radical (unpaired) electrons. The van der Waals surface area contributed by atoms with E-state index in [9.17, 15) is 4.79 Å². The second-order valence-electron chi connectivity index (χ2n) is 5.59. The van der Waals surface area contributed by atoms with Gasteiger partial charge in [-0.15, -0.1) is 0 Å². The molecule has 138 valence electrons. The Hall–Kier alpha value is -2.44. The largest absolute Gasteiger partial charge is 0.491 e. The van der Waals surface area contributed by atoms with Crippen molar-refractivity contribution in [2.75, 3.05) is 38.4 Å². The number of halogens is 1. The minimum absolute atomic E-state index is 0.0943. The molecule has 2 aromatic rings.